The average Bonchev–Trinajstić information content (AvgIpc) is 2.64. The maximum Gasteiger partial charge on any atom is 0.280 e. The van der Waals surface area contributed by atoms with Crippen LogP contribution in [0.2, 0.25) is 0 Å². The molecule has 0 aromatic carbocycles. The van der Waals surface area contributed by atoms with Crippen LogP contribution in [0.4, 0.5) is 0 Å². The van der Waals surface area contributed by atoms with Gasteiger partial charge in [0.2, 0.25) is 12.2 Å². The third-order valence-corrected chi connectivity index (χ3v) is 4.19. The Morgan fingerprint density at radius 1 is 1.40 bits per heavy atom. The topological polar surface area (TPSA) is 90.1 Å². The lowest BCUT2D eigenvalue weighted by Gasteiger charge is -2.18. The van der Waals surface area contributed by atoms with E-state index in [1.807, 2.05) is 0 Å². The summed E-state index contributed by atoms with van der Waals surface area (Å²) < 4.78 is 27.7. The van der Waals surface area contributed by atoms with E-state index in [0.29, 0.717) is 19.1 Å². The summed E-state index contributed by atoms with van der Waals surface area (Å²) in [6.07, 6.45) is 1.76. The Balaban J connectivity index is 2.20. The van der Waals surface area contributed by atoms with Crippen LogP contribution in [0.3, 0.4) is 0 Å². The van der Waals surface area contributed by atoms with Crippen LogP contribution >= 0.6 is 0 Å². The Kier molecular flexibility index (Phi) is 2.56. The molecule has 2 rings (SSSR count). The standard InChI is InChI=1S/C8H10N2O4S/c11-4-7-9-10-8(14-7)6-2-1-3-15(12,13)5-6/h4,6H,1-3,5H2. The fraction of sp³-hybridized carbons (Fsp3) is 0.625. The number of aromatic nitrogens is 2. The van der Waals surface area contributed by atoms with Gasteiger partial charge in [0, 0.05) is 0 Å². The predicted molar refractivity (Wildman–Crippen MR) is 50.3 cm³/mol. The molecule has 1 aromatic rings. The minimum Gasteiger partial charge on any atom is -0.418 e. The molecule has 0 bridgehead atoms. The maximum absolute atomic E-state index is 11.4. The lowest BCUT2D eigenvalue weighted by atomic mass is 10.1. The van der Waals surface area contributed by atoms with Crippen LogP contribution in [0.1, 0.15) is 35.3 Å². The number of carbonyl (C=O) groups is 1. The molecule has 15 heavy (non-hydrogen) atoms. The van der Waals surface area contributed by atoms with Gasteiger partial charge >= 0.3 is 0 Å². The molecule has 2 heterocycles. The number of nitrogens with zero attached hydrogens (tertiary/aromatic N) is 2. The summed E-state index contributed by atoms with van der Waals surface area (Å²) in [7, 11) is -2.99. The summed E-state index contributed by atoms with van der Waals surface area (Å²) in [4.78, 5) is 10.3. The fourth-order valence-corrected chi connectivity index (χ4v) is 3.37. The van der Waals surface area contributed by atoms with E-state index in [9.17, 15) is 13.2 Å². The molecule has 1 fully saturated rings. The van der Waals surface area contributed by atoms with Gasteiger partial charge in [-0.15, -0.1) is 10.2 Å². The highest BCUT2D eigenvalue weighted by molar-refractivity contribution is 7.91. The van der Waals surface area contributed by atoms with Gasteiger partial charge in [0.15, 0.2) is 9.84 Å². The van der Waals surface area contributed by atoms with Gasteiger partial charge in [-0.1, -0.05) is 0 Å². The molecule has 0 radical (unpaired) electrons. The fourth-order valence-electron chi connectivity index (χ4n) is 1.68. The molecule has 1 aliphatic heterocycles. The lowest BCUT2D eigenvalue weighted by molar-refractivity contribution is 0.109. The molecule has 1 aromatic heterocycles. The van der Waals surface area contributed by atoms with E-state index in [-0.39, 0.29) is 29.2 Å². The van der Waals surface area contributed by atoms with Crippen molar-refractivity contribution in [2.45, 2.75) is 18.8 Å². The van der Waals surface area contributed by atoms with Crippen molar-refractivity contribution in [3.05, 3.63) is 11.8 Å². The molecular formula is C8H10N2O4S. The summed E-state index contributed by atoms with van der Waals surface area (Å²) in [5, 5.41) is 7.14. The molecule has 1 aliphatic rings. The van der Waals surface area contributed by atoms with Crippen LogP contribution in [0.15, 0.2) is 4.42 Å². The number of carbonyl (C=O) groups excluding carboxylic acids is 1. The van der Waals surface area contributed by atoms with Gasteiger partial charge in [0.1, 0.15) is 0 Å². The van der Waals surface area contributed by atoms with Gasteiger partial charge in [0.05, 0.1) is 17.4 Å². The van der Waals surface area contributed by atoms with Crippen molar-refractivity contribution in [3.8, 4) is 0 Å². The molecule has 0 amide bonds. The first-order valence-corrected chi connectivity index (χ1v) is 6.42. The summed E-state index contributed by atoms with van der Waals surface area (Å²) in [6, 6.07) is 0. The van der Waals surface area contributed by atoms with Gasteiger partial charge in [-0.2, -0.15) is 0 Å². The normalized spacial score (nSPS) is 24.9. The van der Waals surface area contributed by atoms with Crippen molar-refractivity contribution in [2.75, 3.05) is 11.5 Å². The third kappa shape index (κ3) is 2.23. The molecular weight excluding hydrogens is 220 g/mol. The van der Waals surface area contributed by atoms with E-state index in [0.717, 1.165) is 0 Å². The Morgan fingerprint density at radius 2 is 2.20 bits per heavy atom. The zero-order valence-electron chi connectivity index (χ0n) is 7.92. The number of hydrogen-bond donors (Lipinski definition) is 0. The van der Waals surface area contributed by atoms with Crippen molar-refractivity contribution in [1.82, 2.24) is 10.2 Å². The molecule has 0 spiro atoms. The molecule has 7 heteroatoms. The smallest absolute Gasteiger partial charge is 0.280 e. The summed E-state index contributed by atoms with van der Waals surface area (Å²) in [5.74, 6) is 0.143. The van der Waals surface area contributed by atoms with Crippen LogP contribution in [-0.2, 0) is 9.84 Å². The zero-order chi connectivity index (χ0) is 10.9. The summed E-state index contributed by atoms with van der Waals surface area (Å²) in [5.41, 5.74) is 0. The van der Waals surface area contributed by atoms with E-state index in [1.165, 1.54) is 0 Å². The van der Waals surface area contributed by atoms with Gasteiger partial charge in [-0.25, -0.2) is 8.42 Å². The lowest BCUT2D eigenvalue weighted by Crippen LogP contribution is -2.23. The molecule has 0 N–H and O–H groups in total. The molecule has 0 aliphatic carbocycles. The van der Waals surface area contributed by atoms with Crippen molar-refractivity contribution in [3.63, 3.8) is 0 Å². The van der Waals surface area contributed by atoms with Crippen molar-refractivity contribution in [1.29, 1.82) is 0 Å². The zero-order valence-corrected chi connectivity index (χ0v) is 8.74. The first-order valence-electron chi connectivity index (χ1n) is 4.60. The third-order valence-electron chi connectivity index (χ3n) is 2.37. The predicted octanol–water partition coefficient (Wildman–Crippen LogP) is 0.174. The van der Waals surface area contributed by atoms with E-state index in [1.54, 1.807) is 0 Å². The number of sulfone groups is 1. The monoisotopic (exact) mass is 230 g/mol. The first kappa shape index (κ1) is 10.3. The van der Waals surface area contributed by atoms with Crippen LogP contribution in [-0.4, -0.2) is 36.4 Å². The Bertz CT molecular complexity index is 465. The van der Waals surface area contributed by atoms with Gasteiger partial charge in [-0.3, -0.25) is 4.79 Å². The highest BCUT2D eigenvalue weighted by Gasteiger charge is 2.29. The molecule has 1 atom stereocenters. The van der Waals surface area contributed by atoms with E-state index < -0.39 is 9.84 Å². The molecule has 1 unspecified atom stereocenters. The van der Waals surface area contributed by atoms with Gasteiger partial charge in [-0.05, 0) is 12.8 Å². The number of hydrogen-bond acceptors (Lipinski definition) is 6. The van der Waals surface area contributed by atoms with Gasteiger partial charge in [0.25, 0.3) is 5.89 Å². The second kappa shape index (κ2) is 3.73. The SMILES string of the molecule is O=Cc1nnc(C2CCCS(=O)(=O)C2)o1. The van der Waals surface area contributed by atoms with Crippen molar-refractivity contribution >= 4 is 16.1 Å². The average molecular weight is 230 g/mol. The molecule has 6 nitrogen and oxygen atoms in total. The Morgan fingerprint density at radius 3 is 2.80 bits per heavy atom. The minimum atomic E-state index is -2.99. The maximum atomic E-state index is 11.4. The molecule has 82 valence electrons. The Hall–Kier alpha value is -1.24. The van der Waals surface area contributed by atoms with E-state index >= 15 is 0 Å². The Labute approximate surface area is 86.6 Å². The van der Waals surface area contributed by atoms with Crippen LogP contribution in [0.5, 0.6) is 0 Å². The molecule has 1 saturated heterocycles. The first-order chi connectivity index (χ1) is 7.11. The number of aldehydes is 1. The molecule has 0 saturated carbocycles. The summed E-state index contributed by atoms with van der Waals surface area (Å²) in [6.45, 7) is 0. The van der Waals surface area contributed by atoms with Crippen LogP contribution < -0.4 is 0 Å². The second-order valence-corrected chi connectivity index (χ2v) is 5.78. The quantitative estimate of drug-likeness (QED) is 0.673. The summed E-state index contributed by atoms with van der Waals surface area (Å²) >= 11 is 0. The van der Waals surface area contributed by atoms with E-state index in [4.69, 9.17) is 4.42 Å². The number of rotatable bonds is 2. The van der Waals surface area contributed by atoms with Crippen LogP contribution in [0.25, 0.3) is 0 Å². The largest absolute Gasteiger partial charge is 0.418 e. The van der Waals surface area contributed by atoms with Crippen molar-refractivity contribution < 1.29 is 17.6 Å². The minimum absolute atomic E-state index is 0.0352. The highest BCUT2D eigenvalue weighted by Crippen LogP contribution is 2.26. The van der Waals surface area contributed by atoms with Gasteiger partial charge < -0.3 is 4.42 Å². The van der Waals surface area contributed by atoms with Crippen molar-refractivity contribution in [2.24, 2.45) is 0 Å². The van der Waals surface area contributed by atoms with E-state index in [2.05, 4.69) is 10.2 Å². The second-order valence-electron chi connectivity index (χ2n) is 3.55. The van der Waals surface area contributed by atoms with Crippen LogP contribution in [0, 0.1) is 0 Å². The highest BCUT2D eigenvalue weighted by atomic mass is 32.2.